The topological polar surface area (TPSA) is 79.2 Å². The molecular weight excluding hydrogens is 301 g/mol. The fourth-order valence-corrected chi connectivity index (χ4v) is 2.95. The molecule has 0 aliphatic carbocycles. The predicted molar refractivity (Wildman–Crippen MR) is 97.6 cm³/mol. The zero-order valence-electron chi connectivity index (χ0n) is 13.7. The molecule has 1 saturated heterocycles. The fraction of sp³-hybridized carbons (Fsp3) is 0.312. The van der Waals surface area contributed by atoms with E-state index in [0.717, 1.165) is 47.8 Å². The molecule has 0 radical (unpaired) electrons. The third-order valence-electron chi connectivity index (χ3n) is 4.26. The summed E-state index contributed by atoms with van der Waals surface area (Å²) in [6, 6.07) is 6.44. The molecule has 0 saturated carbocycles. The van der Waals surface area contributed by atoms with Gasteiger partial charge in [0, 0.05) is 43.8 Å². The van der Waals surface area contributed by atoms with Gasteiger partial charge in [-0.2, -0.15) is 9.61 Å². The van der Waals surface area contributed by atoms with Crippen LogP contribution in [0.15, 0.2) is 36.8 Å². The van der Waals surface area contributed by atoms with Crippen LogP contribution in [0, 0.1) is 0 Å². The maximum absolute atomic E-state index is 4.72. The zero-order chi connectivity index (χ0) is 16.4. The second-order valence-electron chi connectivity index (χ2n) is 6.14. The second kappa shape index (κ2) is 6.49. The van der Waals surface area contributed by atoms with Crippen molar-refractivity contribution in [1.29, 1.82) is 0 Å². The summed E-state index contributed by atoms with van der Waals surface area (Å²) in [5, 5.41) is 14.8. The van der Waals surface area contributed by atoms with Crippen molar-refractivity contribution in [1.82, 2.24) is 24.9 Å². The minimum absolute atomic E-state index is 0.425. The summed E-state index contributed by atoms with van der Waals surface area (Å²) in [7, 11) is 2.03. The molecule has 4 heterocycles. The second-order valence-corrected chi connectivity index (χ2v) is 6.14. The lowest BCUT2D eigenvalue weighted by molar-refractivity contribution is 0.786. The van der Waals surface area contributed by atoms with E-state index in [1.165, 1.54) is 0 Å². The average molecular weight is 321 g/mol. The Hall–Kier alpha value is -2.61. The Labute approximate surface area is 141 Å². The van der Waals surface area contributed by atoms with E-state index in [4.69, 9.17) is 4.98 Å². The first-order valence-electron chi connectivity index (χ1n) is 8.25. The first kappa shape index (κ1) is 15.0. The van der Waals surface area contributed by atoms with Crippen LogP contribution in [0.4, 0.5) is 11.6 Å². The molecule has 0 amide bonds. The van der Waals surface area contributed by atoms with Gasteiger partial charge >= 0.3 is 0 Å². The summed E-state index contributed by atoms with van der Waals surface area (Å²) >= 11 is 0. The van der Waals surface area contributed by atoms with Crippen molar-refractivity contribution in [2.45, 2.75) is 19.0 Å². The molecule has 24 heavy (non-hydrogen) atoms. The van der Waals surface area contributed by atoms with Gasteiger partial charge in [-0.15, -0.1) is 0 Å². The Morgan fingerprint density at radius 1 is 1.38 bits per heavy atom. The standard InChI is InChI=1S/C16H20BN7/c17-13-10-21-24-15(20-8-11-2-1-4-18-7-11)6-14(23-16(13)24)22-12-3-5-19-9-12/h1-2,4,6-7,10,12,19-20H,3,5,8-9,17H2,(H,22,23)/t12-/m0/s1. The molecule has 0 bridgehead atoms. The summed E-state index contributed by atoms with van der Waals surface area (Å²) in [5.41, 5.74) is 3.06. The van der Waals surface area contributed by atoms with Crippen LogP contribution in [0.25, 0.3) is 5.65 Å². The van der Waals surface area contributed by atoms with E-state index < -0.39 is 0 Å². The van der Waals surface area contributed by atoms with Crippen LogP contribution in [0.2, 0.25) is 0 Å². The first-order valence-corrected chi connectivity index (χ1v) is 8.25. The molecule has 3 N–H and O–H groups in total. The molecule has 4 rings (SSSR count). The minimum atomic E-state index is 0.425. The molecule has 8 heteroatoms. The number of nitrogens with one attached hydrogen (secondary N) is 3. The molecule has 122 valence electrons. The molecule has 1 aliphatic heterocycles. The van der Waals surface area contributed by atoms with Crippen LogP contribution in [0.1, 0.15) is 12.0 Å². The molecule has 7 nitrogen and oxygen atoms in total. The molecular formula is C16H20BN7. The maximum Gasteiger partial charge on any atom is 0.153 e. The number of rotatable bonds is 5. The monoisotopic (exact) mass is 321 g/mol. The lowest BCUT2D eigenvalue weighted by Gasteiger charge is -2.15. The van der Waals surface area contributed by atoms with Crippen LogP contribution in [-0.4, -0.2) is 46.6 Å². The predicted octanol–water partition coefficient (Wildman–Crippen LogP) is -0.231. The molecule has 0 aromatic carbocycles. The summed E-state index contributed by atoms with van der Waals surface area (Å²) < 4.78 is 1.85. The number of aromatic nitrogens is 4. The highest BCUT2D eigenvalue weighted by Gasteiger charge is 2.16. The van der Waals surface area contributed by atoms with Crippen LogP contribution >= 0.6 is 0 Å². The quantitative estimate of drug-likeness (QED) is 0.564. The number of anilines is 2. The minimum Gasteiger partial charge on any atom is -0.366 e. The van der Waals surface area contributed by atoms with Crippen molar-refractivity contribution in [3.8, 4) is 0 Å². The van der Waals surface area contributed by atoms with Crippen molar-refractivity contribution in [3.05, 3.63) is 42.4 Å². The van der Waals surface area contributed by atoms with Gasteiger partial charge in [0.05, 0.1) is 0 Å². The van der Waals surface area contributed by atoms with Gasteiger partial charge in [0.25, 0.3) is 0 Å². The van der Waals surface area contributed by atoms with Gasteiger partial charge in [-0.05, 0) is 30.1 Å². The van der Waals surface area contributed by atoms with E-state index in [9.17, 15) is 0 Å². The molecule has 0 unspecified atom stereocenters. The van der Waals surface area contributed by atoms with E-state index in [2.05, 4.69) is 32.1 Å². The number of hydrogen-bond donors (Lipinski definition) is 3. The Kier molecular flexibility index (Phi) is 4.04. The molecule has 3 aromatic rings. The smallest absolute Gasteiger partial charge is 0.153 e. The van der Waals surface area contributed by atoms with E-state index >= 15 is 0 Å². The zero-order valence-corrected chi connectivity index (χ0v) is 13.7. The van der Waals surface area contributed by atoms with Crippen molar-refractivity contribution < 1.29 is 0 Å². The van der Waals surface area contributed by atoms with Crippen molar-refractivity contribution in [2.75, 3.05) is 23.7 Å². The van der Waals surface area contributed by atoms with E-state index in [0.29, 0.717) is 12.6 Å². The van der Waals surface area contributed by atoms with Crippen molar-refractivity contribution in [3.63, 3.8) is 0 Å². The Morgan fingerprint density at radius 2 is 2.33 bits per heavy atom. The maximum atomic E-state index is 4.72. The number of hydrogen-bond acceptors (Lipinski definition) is 6. The van der Waals surface area contributed by atoms with Gasteiger partial charge in [-0.3, -0.25) is 4.98 Å². The molecule has 1 fully saturated rings. The summed E-state index contributed by atoms with van der Waals surface area (Å²) in [4.78, 5) is 8.88. The highest BCUT2D eigenvalue weighted by Crippen LogP contribution is 2.17. The summed E-state index contributed by atoms with van der Waals surface area (Å²) in [6.45, 7) is 2.72. The highest BCUT2D eigenvalue weighted by molar-refractivity contribution is 6.36. The van der Waals surface area contributed by atoms with Crippen LogP contribution < -0.4 is 21.4 Å². The molecule has 3 aromatic heterocycles. The van der Waals surface area contributed by atoms with Crippen LogP contribution in [-0.2, 0) is 6.54 Å². The van der Waals surface area contributed by atoms with Gasteiger partial charge < -0.3 is 16.0 Å². The van der Waals surface area contributed by atoms with Gasteiger partial charge in [-0.25, -0.2) is 4.98 Å². The SMILES string of the molecule is Bc1cnn2c(NCc3cccnc3)cc(N[C@H]3CCNC3)nc12. The van der Waals surface area contributed by atoms with Gasteiger partial charge in [-0.1, -0.05) is 6.07 Å². The average Bonchev–Trinajstić information content (AvgIpc) is 3.24. The highest BCUT2D eigenvalue weighted by atomic mass is 15.3. The third-order valence-corrected chi connectivity index (χ3v) is 4.26. The van der Waals surface area contributed by atoms with E-state index in [1.807, 2.05) is 36.9 Å². The summed E-state index contributed by atoms with van der Waals surface area (Å²) in [6.07, 6.45) is 6.60. The largest absolute Gasteiger partial charge is 0.366 e. The Balaban J connectivity index is 1.62. The molecule has 1 atom stereocenters. The third kappa shape index (κ3) is 3.05. The van der Waals surface area contributed by atoms with E-state index in [1.54, 1.807) is 6.20 Å². The molecule has 1 aliphatic rings. The van der Waals surface area contributed by atoms with Gasteiger partial charge in [0.2, 0.25) is 0 Å². The lowest BCUT2D eigenvalue weighted by Crippen LogP contribution is -2.23. The van der Waals surface area contributed by atoms with Crippen LogP contribution in [0.3, 0.4) is 0 Å². The lowest BCUT2D eigenvalue weighted by atomic mass is 10.0. The number of pyridine rings is 1. The van der Waals surface area contributed by atoms with Gasteiger partial charge in [0.15, 0.2) is 5.65 Å². The fourth-order valence-electron chi connectivity index (χ4n) is 2.95. The van der Waals surface area contributed by atoms with E-state index in [-0.39, 0.29) is 0 Å². The number of nitrogens with zero attached hydrogens (tertiary/aromatic N) is 4. The van der Waals surface area contributed by atoms with Gasteiger partial charge in [0.1, 0.15) is 19.5 Å². The molecule has 0 spiro atoms. The Bertz CT molecular complexity index is 827. The first-order chi connectivity index (χ1) is 11.8. The number of fused-ring (bicyclic) bond motifs is 1. The summed E-state index contributed by atoms with van der Waals surface area (Å²) in [5.74, 6) is 1.80. The normalized spacial score (nSPS) is 17.2. The van der Waals surface area contributed by atoms with Crippen molar-refractivity contribution in [2.24, 2.45) is 0 Å². The van der Waals surface area contributed by atoms with Crippen molar-refractivity contribution >= 4 is 30.6 Å². The Morgan fingerprint density at radius 3 is 3.12 bits per heavy atom. The van der Waals surface area contributed by atoms with Crippen LogP contribution in [0.5, 0.6) is 0 Å².